The number of nitrogens with one attached hydrogen (secondary N) is 3. The lowest BCUT2D eigenvalue weighted by Crippen LogP contribution is -2.32. The molecule has 36 heavy (non-hydrogen) atoms. The first kappa shape index (κ1) is 25.9. The Hall–Kier alpha value is -4.74. The Balaban J connectivity index is 1.54. The number of hydrogen-bond donors (Lipinski definition) is 3. The second-order valence-corrected chi connectivity index (χ2v) is 7.11. The van der Waals surface area contributed by atoms with E-state index in [1.54, 1.807) is 18.2 Å². The summed E-state index contributed by atoms with van der Waals surface area (Å²) in [6.45, 7) is -0.381. The number of para-hydroxylation sites is 1. The second kappa shape index (κ2) is 11.6. The zero-order valence-corrected chi connectivity index (χ0v) is 18.3. The lowest BCUT2D eigenvalue weighted by molar-refractivity contribution is -0.137. The number of alkyl halides is 3. The number of nitrogens with zero attached hydrogens (tertiary/aromatic N) is 1. The van der Waals surface area contributed by atoms with Gasteiger partial charge in [0.05, 0.1) is 11.8 Å². The van der Waals surface area contributed by atoms with E-state index >= 15 is 0 Å². The predicted octanol–water partition coefficient (Wildman–Crippen LogP) is 3.95. The van der Waals surface area contributed by atoms with Gasteiger partial charge in [-0.05, 0) is 54.6 Å². The van der Waals surface area contributed by atoms with Crippen molar-refractivity contribution in [3.63, 3.8) is 0 Å². The highest BCUT2D eigenvalue weighted by atomic mass is 19.4. The van der Waals surface area contributed by atoms with Crippen LogP contribution in [0.25, 0.3) is 0 Å². The maximum absolute atomic E-state index is 13.0. The van der Waals surface area contributed by atoms with Gasteiger partial charge < -0.3 is 15.4 Å². The van der Waals surface area contributed by atoms with E-state index in [0.29, 0.717) is 17.3 Å². The van der Waals surface area contributed by atoms with Crippen molar-refractivity contribution in [2.45, 2.75) is 6.18 Å². The summed E-state index contributed by atoms with van der Waals surface area (Å²) in [6.07, 6.45) is -3.45. The molecule has 0 bridgehead atoms. The third-order valence-corrected chi connectivity index (χ3v) is 4.43. The van der Waals surface area contributed by atoms with Crippen molar-refractivity contribution in [3.8, 4) is 5.75 Å². The minimum Gasteiger partial charge on any atom is -0.483 e. The molecule has 0 saturated heterocycles. The molecule has 0 saturated carbocycles. The minimum absolute atomic E-state index is 0.216. The largest absolute Gasteiger partial charge is 0.483 e. The van der Waals surface area contributed by atoms with Crippen LogP contribution in [0, 0.1) is 5.82 Å². The minimum atomic E-state index is -4.61. The summed E-state index contributed by atoms with van der Waals surface area (Å²) in [4.78, 5) is 36.0. The van der Waals surface area contributed by atoms with Crippen molar-refractivity contribution in [2.24, 2.45) is 5.10 Å². The first-order valence-corrected chi connectivity index (χ1v) is 10.2. The molecule has 3 N–H and O–H groups in total. The van der Waals surface area contributed by atoms with Crippen LogP contribution in [-0.2, 0) is 20.6 Å². The predicted molar refractivity (Wildman–Crippen MR) is 123 cm³/mol. The molecule has 3 rings (SSSR count). The van der Waals surface area contributed by atoms with Gasteiger partial charge in [-0.25, -0.2) is 9.82 Å². The molecule has 0 radical (unpaired) electrons. The smallest absolute Gasteiger partial charge is 0.416 e. The Bertz CT molecular complexity index is 1280. The standard InChI is InChI=1S/C24H18F4N4O4/c25-17-8-10-18(11-9-17)30-21(33)14-36-20-7-2-1-4-15(20)13-29-32-23(35)22(34)31-19-6-3-5-16(12-19)24(26,27)28/h1-13H,14H2,(H,30,33)(H,31,34)(H,32,35)/b29-13-. The molecule has 3 aromatic rings. The normalized spacial score (nSPS) is 11.1. The third kappa shape index (κ3) is 7.65. The Kier molecular flexibility index (Phi) is 8.34. The van der Waals surface area contributed by atoms with Gasteiger partial charge in [0.2, 0.25) is 0 Å². The van der Waals surface area contributed by atoms with E-state index < -0.39 is 35.3 Å². The van der Waals surface area contributed by atoms with Gasteiger partial charge in [-0.2, -0.15) is 18.3 Å². The lowest BCUT2D eigenvalue weighted by Gasteiger charge is -2.10. The average molecular weight is 502 g/mol. The van der Waals surface area contributed by atoms with Crippen LogP contribution in [0.2, 0.25) is 0 Å². The molecule has 12 heteroatoms. The van der Waals surface area contributed by atoms with Crippen LogP contribution in [-0.4, -0.2) is 30.5 Å². The van der Waals surface area contributed by atoms with Gasteiger partial charge in [0.25, 0.3) is 5.91 Å². The van der Waals surface area contributed by atoms with E-state index in [9.17, 15) is 31.9 Å². The molecule has 3 amide bonds. The highest BCUT2D eigenvalue weighted by Crippen LogP contribution is 2.30. The molecular weight excluding hydrogens is 484 g/mol. The molecule has 0 fully saturated rings. The summed E-state index contributed by atoms with van der Waals surface area (Å²) in [5, 5.41) is 8.23. The summed E-state index contributed by atoms with van der Waals surface area (Å²) < 4.78 is 56.7. The summed E-state index contributed by atoms with van der Waals surface area (Å²) in [6, 6.07) is 15.3. The van der Waals surface area contributed by atoms with Crippen LogP contribution >= 0.6 is 0 Å². The van der Waals surface area contributed by atoms with Crippen LogP contribution in [0.15, 0.2) is 77.9 Å². The van der Waals surface area contributed by atoms with Crippen molar-refractivity contribution in [2.75, 3.05) is 17.2 Å². The molecule has 0 aliphatic rings. The quantitative estimate of drug-likeness (QED) is 0.197. The third-order valence-electron chi connectivity index (χ3n) is 4.43. The maximum atomic E-state index is 13.0. The zero-order valence-electron chi connectivity index (χ0n) is 18.3. The highest BCUT2D eigenvalue weighted by Gasteiger charge is 2.30. The van der Waals surface area contributed by atoms with E-state index in [0.717, 1.165) is 18.3 Å². The van der Waals surface area contributed by atoms with Crippen molar-refractivity contribution < 1.29 is 36.7 Å². The molecule has 0 aliphatic heterocycles. The SMILES string of the molecule is O=C(COc1ccccc1/C=N\NC(=O)C(=O)Nc1cccc(C(F)(F)F)c1)Nc1ccc(F)cc1. The molecule has 8 nitrogen and oxygen atoms in total. The fourth-order valence-corrected chi connectivity index (χ4v) is 2.76. The Morgan fingerprint density at radius 2 is 1.58 bits per heavy atom. The topological polar surface area (TPSA) is 109 Å². The molecule has 0 atom stereocenters. The number of ether oxygens (including phenoxy) is 1. The van der Waals surface area contributed by atoms with Crippen LogP contribution in [0.3, 0.4) is 0 Å². The fourth-order valence-electron chi connectivity index (χ4n) is 2.76. The van der Waals surface area contributed by atoms with Gasteiger partial charge in [0.15, 0.2) is 6.61 Å². The number of benzene rings is 3. The van der Waals surface area contributed by atoms with Gasteiger partial charge in [0.1, 0.15) is 11.6 Å². The van der Waals surface area contributed by atoms with Gasteiger partial charge in [-0.3, -0.25) is 14.4 Å². The number of hydrazone groups is 1. The highest BCUT2D eigenvalue weighted by molar-refractivity contribution is 6.39. The molecular formula is C24H18F4N4O4. The molecule has 3 aromatic carbocycles. The van der Waals surface area contributed by atoms with Crippen molar-refractivity contribution in [1.29, 1.82) is 0 Å². The molecule has 0 aliphatic carbocycles. The molecule has 0 unspecified atom stereocenters. The van der Waals surface area contributed by atoms with E-state index in [1.807, 2.05) is 5.43 Å². The van der Waals surface area contributed by atoms with Crippen molar-refractivity contribution >= 4 is 35.3 Å². The number of amides is 3. The van der Waals surface area contributed by atoms with E-state index in [4.69, 9.17) is 4.74 Å². The van der Waals surface area contributed by atoms with Gasteiger partial charge in [0, 0.05) is 16.9 Å². The number of halogens is 4. The van der Waals surface area contributed by atoms with Crippen molar-refractivity contribution in [1.82, 2.24) is 5.43 Å². The molecule has 0 heterocycles. The number of carbonyl (C=O) groups excluding carboxylic acids is 3. The second-order valence-electron chi connectivity index (χ2n) is 7.11. The van der Waals surface area contributed by atoms with Gasteiger partial charge in [-0.1, -0.05) is 18.2 Å². The summed E-state index contributed by atoms with van der Waals surface area (Å²) in [5.41, 5.74) is 1.49. The Labute approximate surface area is 202 Å². The summed E-state index contributed by atoms with van der Waals surface area (Å²) in [5.74, 6) is -3.17. The lowest BCUT2D eigenvalue weighted by atomic mass is 10.2. The Morgan fingerprint density at radius 3 is 2.31 bits per heavy atom. The maximum Gasteiger partial charge on any atom is 0.416 e. The van der Waals surface area contributed by atoms with E-state index in [1.165, 1.54) is 36.4 Å². The number of rotatable bonds is 7. The van der Waals surface area contributed by atoms with Gasteiger partial charge in [-0.15, -0.1) is 0 Å². The molecule has 0 spiro atoms. The monoisotopic (exact) mass is 502 g/mol. The van der Waals surface area contributed by atoms with Crippen molar-refractivity contribution in [3.05, 3.63) is 89.7 Å². The van der Waals surface area contributed by atoms with Crippen LogP contribution in [0.5, 0.6) is 5.75 Å². The zero-order chi connectivity index (χ0) is 26.1. The number of carbonyl (C=O) groups is 3. The van der Waals surface area contributed by atoms with Crippen LogP contribution < -0.4 is 20.8 Å². The fraction of sp³-hybridized carbons (Fsp3) is 0.0833. The average Bonchev–Trinajstić information content (AvgIpc) is 2.84. The first-order chi connectivity index (χ1) is 17.1. The van der Waals surface area contributed by atoms with Crippen LogP contribution in [0.4, 0.5) is 28.9 Å². The van der Waals surface area contributed by atoms with E-state index in [-0.39, 0.29) is 18.0 Å². The number of anilines is 2. The number of hydrogen-bond acceptors (Lipinski definition) is 5. The summed E-state index contributed by atoms with van der Waals surface area (Å²) in [7, 11) is 0. The first-order valence-electron chi connectivity index (χ1n) is 10.2. The van der Waals surface area contributed by atoms with Gasteiger partial charge >= 0.3 is 18.0 Å². The summed E-state index contributed by atoms with van der Waals surface area (Å²) >= 11 is 0. The molecule has 0 aromatic heterocycles. The van der Waals surface area contributed by atoms with Crippen LogP contribution in [0.1, 0.15) is 11.1 Å². The van der Waals surface area contributed by atoms with E-state index in [2.05, 4.69) is 15.7 Å². The molecule has 186 valence electrons. The Morgan fingerprint density at radius 1 is 0.861 bits per heavy atom.